The Morgan fingerprint density at radius 3 is 1.18 bits per heavy atom. The molecule has 0 saturated carbocycles. The minimum absolute atomic E-state index is 0.116. The number of thiophene rings is 2. The highest BCUT2D eigenvalue weighted by molar-refractivity contribution is 7.21. The number of hydrogen-bond donors (Lipinski definition) is 0. The molecule has 0 nitrogen and oxygen atoms in total. The van der Waals surface area contributed by atoms with E-state index < -0.39 is 0 Å². The summed E-state index contributed by atoms with van der Waals surface area (Å²) in [6.45, 7) is 13.8. The van der Waals surface area contributed by atoms with Gasteiger partial charge in [0.25, 0.3) is 0 Å². The molecule has 10 rings (SSSR count). The zero-order valence-electron chi connectivity index (χ0n) is 29.4. The van der Waals surface area contributed by atoms with Gasteiger partial charge in [-0.1, -0.05) is 126 Å². The second-order valence-electron chi connectivity index (χ2n) is 16.2. The van der Waals surface area contributed by atoms with Crippen LogP contribution in [0.5, 0.6) is 0 Å². The zero-order chi connectivity index (χ0) is 34.1. The summed E-state index contributed by atoms with van der Waals surface area (Å²) in [6, 6.07) is 46.6. The van der Waals surface area contributed by atoms with E-state index in [4.69, 9.17) is 0 Å². The van der Waals surface area contributed by atoms with Gasteiger partial charge < -0.3 is 0 Å². The Hall–Kier alpha value is -4.76. The number of fused-ring (bicyclic) bond motifs is 11. The Morgan fingerprint density at radius 2 is 0.800 bits per heavy atom. The molecule has 2 aliphatic carbocycles. The molecule has 0 bridgehead atoms. The molecule has 0 N–H and O–H groups in total. The fourth-order valence-corrected chi connectivity index (χ4v) is 10.8. The van der Waals surface area contributed by atoms with Crippen molar-refractivity contribution < 1.29 is 0 Å². The quantitative estimate of drug-likeness (QED) is 0.171. The summed E-state index contributed by atoms with van der Waals surface area (Å²) in [4.78, 5) is 2.79. The van der Waals surface area contributed by atoms with Gasteiger partial charge in [-0.05, 0) is 102 Å². The molecule has 0 radical (unpaired) electrons. The van der Waals surface area contributed by atoms with Crippen molar-refractivity contribution >= 4 is 64.8 Å². The van der Waals surface area contributed by atoms with Gasteiger partial charge in [-0.3, -0.25) is 0 Å². The van der Waals surface area contributed by atoms with Gasteiger partial charge in [0, 0.05) is 52.2 Å². The lowest BCUT2D eigenvalue weighted by molar-refractivity contribution is 0.590. The van der Waals surface area contributed by atoms with Crippen LogP contribution in [0.4, 0.5) is 0 Å². The fourth-order valence-electron chi connectivity index (χ4n) is 8.25. The van der Waals surface area contributed by atoms with Crippen LogP contribution >= 0.6 is 22.7 Å². The molecule has 0 atom stereocenters. The predicted octanol–water partition coefficient (Wildman–Crippen LogP) is 12.3. The van der Waals surface area contributed by atoms with Gasteiger partial charge in [0.2, 0.25) is 0 Å². The maximum Gasteiger partial charge on any atom is 0.0446 e. The summed E-state index contributed by atoms with van der Waals surface area (Å²) in [5.74, 6) is 0. The van der Waals surface area contributed by atoms with Gasteiger partial charge in [-0.25, -0.2) is 0 Å². The van der Waals surface area contributed by atoms with Crippen LogP contribution in [0.1, 0.15) is 73.6 Å². The van der Waals surface area contributed by atoms with Gasteiger partial charge in [0.1, 0.15) is 0 Å². The van der Waals surface area contributed by atoms with E-state index in [-0.39, 0.29) is 10.8 Å². The number of hydrogen-bond acceptors (Lipinski definition) is 2. The third-order valence-corrected chi connectivity index (χ3v) is 13.3. The molecule has 0 spiro atoms. The Bertz CT molecular complexity index is 2640. The van der Waals surface area contributed by atoms with Gasteiger partial charge in [-0.15, -0.1) is 22.7 Å². The van der Waals surface area contributed by atoms with Crippen LogP contribution in [-0.2, 0) is 10.8 Å². The summed E-state index contributed by atoms with van der Waals surface area (Å²) < 4.78 is 2.71. The fraction of sp³-hybridized carbons (Fsp3) is 0.167. The van der Waals surface area contributed by atoms with E-state index in [2.05, 4.69) is 163 Å². The van der Waals surface area contributed by atoms with Crippen molar-refractivity contribution in [2.75, 3.05) is 0 Å². The first-order valence-corrected chi connectivity index (χ1v) is 19.3. The first-order chi connectivity index (χ1) is 24.0. The summed E-state index contributed by atoms with van der Waals surface area (Å²) in [5, 5.41) is 8.02. The predicted molar refractivity (Wildman–Crippen MR) is 218 cm³/mol. The minimum atomic E-state index is 0.116. The Labute approximate surface area is 301 Å². The van der Waals surface area contributed by atoms with E-state index in [0.29, 0.717) is 0 Å². The van der Waals surface area contributed by atoms with E-state index in [1.165, 1.54) is 107 Å². The molecular formula is C48H38S2. The molecule has 6 aromatic carbocycles. The van der Waals surface area contributed by atoms with Gasteiger partial charge in [0.15, 0.2) is 0 Å². The molecule has 0 fully saturated rings. The van der Waals surface area contributed by atoms with Crippen LogP contribution in [-0.4, -0.2) is 0 Å². The van der Waals surface area contributed by atoms with Crippen LogP contribution in [0.15, 0.2) is 121 Å². The molecule has 242 valence electrons. The lowest BCUT2D eigenvalue weighted by atomic mass is 9.86. The standard InChI is InChI=1S/C48H38S2/c1-47(2,3)31-19-15-27(16-20-31)41-35-23-29-26-38-36(24-30(29)25-37(35)43-33-11-7-9-13-39(33)49-45(41)43)42(28-17-21-32(22-18-28)48(4,5)6)46-44(38)34-12-8-10-14-40(34)50-46/h7-26H,1-6H3. The molecule has 2 heteroatoms. The molecule has 0 saturated heterocycles. The molecule has 0 unspecified atom stereocenters. The number of benzene rings is 6. The summed E-state index contributed by atoms with van der Waals surface area (Å²) in [6.07, 6.45) is 0. The van der Waals surface area contributed by atoms with E-state index in [0.717, 1.165) is 0 Å². The van der Waals surface area contributed by atoms with Crippen LogP contribution in [0, 0.1) is 0 Å². The van der Waals surface area contributed by atoms with Crippen LogP contribution in [0.3, 0.4) is 0 Å². The second-order valence-corrected chi connectivity index (χ2v) is 18.3. The average molecular weight is 679 g/mol. The largest absolute Gasteiger partial charge is 0.134 e. The van der Waals surface area contributed by atoms with Gasteiger partial charge in [0.05, 0.1) is 0 Å². The van der Waals surface area contributed by atoms with E-state index in [1.807, 2.05) is 22.7 Å². The smallest absolute Gasteiger partial charge is 0.0446 e. The first kappa shape index (κ1) is 30.1. The third-order valence-electron chi connectivity index (χ3n) is 10.9. The highest BCUT2D eigenvalue weighted by atomic mass is 32.1. The maximum absolute atomic E-state index is 2.49. The summed E-state index contributed by atoms with van der Waals surface area (Å²) in [7, 11) is 0. The molecular weight excluding hydrogens is 641 g/mol. The third kappa shape index (κ3) is 4.35. The van der Waals surface area contributed by atoms with Crippen molar-refractivity contribution in [3.05, 3.63) is 164 Å². The Kier molecular flexibility index (Phi) is 6.25. The Morgan fingerprint density at radius 1 is 0.420 bits per heavy atom. The Balaban J connectivity index is 1.28. The monoisotopic (exact) mass is 678 g/mol. The molecule has 2 aliphatic rings. The average Bonchev–Trinajstić information content (AvgIpc) is 3.82. The van der Waals surface area contributed by atoms with Crippen LogP contribution in [0.25, 0.3) is 64.3 Å². The van der Waals surface area contributed by atoms with E-state index in [1.54, 1.807) is 0 Å². The lowest BCUT2D eigenvalue weighted by Crippen LogP contribution is -2.12. The summed E-state index contributed by atoms with van der Waals surface area (Å²) >= 11 is 3.88. The maximum atomic E-state index is 2.49. The SMILES string of the molecule is CC(C)(C)c1ccc(C2=c3cc4cc5c(cc4cc3-c3c2sc2ccccc32)=C(c2ccc(C(C)(C)C)cc2)c2sc3ccccc3c2-5)cc1. The van der Waals surface area contributed by atoms with Gasteiger partial charge >= 0.3 is 0 Å². The van der Waals surface area contributed by atoms with E-state index >= 15 is 0 Å². The van der Waals surface area contributed by atoms with Crippen molar-refractivity contribution in [2.24, 2.45) is 0 Å². The molecule has 50 heavy (non-hydrogen) atoms. The minimum Gasteiger partial charge on any atom is -0.134 e. The second kappa shape index (κ2) is 10.4. The van der Waals surface area contributed by atoms with Crippen molar-refractivity contribution in [1.29, 1.82) is 0 Å². The van der Waals surface area contributed by atoms with Gasteiger partial charge in [-0.2, -0.15) is 0 Å². The zero-order valence-corrected chi connectivity index (χ0v) is 31.0. The van der Waals surface area contributed by atoms with Crippen molar-refractivity contribution in [3.63, 3.8) is 0 Å². The molecule has 0 amide bonds. The number of rotatable bonds is 2. The van der Waals surface area contributed by atoms with Crippen LogP contribution in [0.2, 0.25) is 0 Å². The molecule has 2 heterocycles. The highest BCUT2D eigenvalue weighted by Gasteiger charge is 2.30. The van der Waals surface area contributed by atoms with Crippen molar-refractivity contribution in [1.82, 2.24) is 0 Å². The topological polar surface area (TPSA) is 0 Å². The highest BCUT2D eigenvalue weighted by Crippen LogP contribution is 2.49. The van der Waals surface area contributed by atoms with Crippen LogP contribution < -0.4 is 10.4 Å². The molecule has 8 aromatic rings. The summed E-state index contributed by atoms with van der Waals surface area (Å²) in [5.41, 5.74) is 13.8. The van der Waals surface area contributed by atoms with E-state index in [9.17, 15) is 0 Å². The first-order valence-electron chi connectivity index (χ1n) is 17.7. The molecule has 0 aliphatic heterocycles. The van der Waals surface area contributed by atoms with Crippen molar-refractivity contribution in [3.8, 4) is 22.3 Å². The van der Waals surface area contributed by atoms with Crippen molar-refractivity contribution in [2.45, 2.75) is 52.4 Å². The lowest BCUT2D eigenvalue weighted by Gasteiger charge is -2.19. The molecule has 2 aromatic heterocycles. The normalized spacial score (nSPS) is 13.7.